The smallest absolute Gasteiger partial charge is 0.276 e. The molecule has 0 spiro atoms. The Labute approximate surface area is 212 Å². The largest absolute Gasteiger partial charge is 0.348 e. The summed E-state index contributed by atoms with van der Waals surface area (Å²) in [7, 11) is 0. The number of aromatic amines is 1. The molecule has 0 saturated heterocycles. The average Bonchev–Trinajstić information content (AvgIpc) is 3.61. The van der Waals surface area contributed by atoms with Crippen molar-refractivity contribution < 1.29 is 4.79 Å². The highest BCUT2D eigenvalue weighted by Gasteiger charge is 2.27. The van der Waals surface area contributed by atoms with E-state index in [1.54, 1.807) is 35.0 Å². The first-order valence-corrected chi connectivity index (χ1v) is 12.2. The molecule has 1 amide bonds. The monoisotopic (exact) mass is 497 g/mol. The average molecular weight is 498 g/mol. The van der Waals surface area contributed by atoms with E-state index in [0.29, 0.717) is 22.1 Å². The molecule has 2 aromatic carbocycles. The zero-order valence-electron chi connectivity index (χ0n) is 19.9. The van der Waals surface area contributed by atoms with E-state index in [2.05, 4.69) is 44.7 Å². The van der Waals surface area contributed by atoms with Crippen LogP contribution in [0.5, 0.6) is 0 Å². The maximum absolute atomic E-state index is 13.4. The van der Waals surface area contributed by atoms with Gasteiger partial charge in [-0.3, -0.25) is 9.89 Å². The second-order valence-corrected chi connectivity index (χ2v) is 9.66. The molecular weight excluding hydrogens is 474 g/mol. The van der Waals surface area contributed by atoms with E-state index in [9.17, 15) is 4.79 Å². The van der Waals surface area contributed by atoms with Crippen molar-refractivity contribution in [3.63, 3.8) is 0 Å². The highest BCUT2D eigenvalue weighted by molar-refractivity contribution is 6.31. The second kappa shape index (κ2) is 8.80. The van der Waals surface area contributed by atoms with Crippen molar-refractivity contribution in [2.45, 2.75) is 32.9 Å². The van der Waals surface area contributed by atoms with Crippen LogP contribution in [0.2, 0.25) is 5.02 Å². The van der Waals surface area contributed by atoms with Gasteiger partial charge in [0.2, 0.25) is 0 Å². The number of benzene rings is 2. The molecule has 1 aliphatic rings. The predicted octanol–water partition coefficient (Wildman–Crippen LogP) is 5.67. The number of anilines is 2. The van der Waals surface area contributed by atoms with Gasteiger partial charge in [0, 0.05) is 47.2 Å². The zero-order chi connectivity index (χ0) is 24.8. The van der Waals surface area contributed by atoms with Crippen LogP contribution in [0.25, 0.3) is 16.9 Å². The molecule has 9 heteroatoms. The lowest BCUT2D eigenvalue weighted by Gasteiger charge is -2.18. The van der Waals surface area contributed by atoms with Crippen LogP contribution in [0.4, 0.5) is 11.5 Å². The van der Waals surface area contributed by atoms with Gasteiger partial charge in [-0.15, -0.1) is 0 Å². The van der Waals surface area contributed by atoms with E-state index in [0.717, 1.165) is 35.7 Å². The Morgan fingerprint density at radius 3 is 2.53 bits per heavy atom. The van der Waals surface area contributed by atoms with Gasteiger partial charge in [0.15, 0.2) is 11.3 Å². The summed E-state index contributed by atoms with van der Waals surface area (Å²) in [6.45, 7) is 5.64. The fourth-order valence-corrected chi connectivity index (χ4v) is 4.92. The van der Waals surface area contributed by atoms with Gasteiger partial charge >= 0.3 is 0 Å². The molecule has 36 heavy (non-hydrogen) atoms. The number of aromatic nitrogens is 5. The van der Waals surface area contributed by atoms with E-state index in [1.165, 1.54) is 11.1 Å². The maximum atomic E-state index is 13.4. The highest BCUT2D eigenvalue weighted by Crippen LogP contribution is 2.34. The number of hydrogen-bond acceptors (Lipinski definition) is 5. The molecule has 0 bridgehead atoms. The quantitative estimate of drug-likeness (QED) is 0.326. The first kappa shape index (κ1) is 22.3. The zero-order valence-corrected chi connectivity index (χ0v) is 20.6. The molecule has 0 fully saturated rings. The van der Waals surface area contributed by atoms with Crippen molar-refractivity contribution >= 4 is 34.7 Å². The third-order valence-corrected chi connectivity index (χ3v) is 6.68. The van der Waals surface area contributed by atoms with Crippen molar-refractivity contribution in [2.24, 2.45) is 0 Å². The van der Waals surface area contributed by atoms with Gasteiger partial charge in [-0.05, 0) is 35.2 Å². The molecule has 0 aliphatic carbocycles. The Kier molecular flexibility index (Phi) is 5.45. The van der Waals surface area contributed by atoms with Crippen molar-refractivity contribution in [1.82, 2.24) is 24.8 Å². The van der Waals surface area contributed by atoms with Crippen molar-refractivity contribution in [3.05, 3.63) is 94.4 Å². The molecule has 0 unspecified atom stereocenters. The molecule has 4 heterocycles. The summed E-state index contributed by atoms with van der Waals surface area (Å²) < 4.78 is 1.75. The number of nitrogens with zero attached hydrogens (tertiary/aromatic N) is 5. The van der Waals surface area contributed by atoms with E-state index in [-0.39, 0.29) is 11.8 Å². The number of amides is 1. The Balaban J connectivity index is 1.49. The standard InChI is InChI=1S/C27H24ClN7O/c1-16(2)24-25(27(36)31-21-9-5-8-20(28)10-21)33-35-22(19-12-29-30-13-19)11-23(32-26(24)35)34-14-17-6-3-4-7-18(17)15-34/h3-13,16H,14-15H2,1-2H3,(H,29,30)(H,31,36). The maximum Gasteiger partial charge on any atom is 0.276 e. The van der Waals surface area contributed by atoms with Crippen molar-refractivity contribution in [2.75, 3.05) is 10.2 Å². The molecule has 180 valence electrons. The van der Waals surface area contributed by atoms with Crippen LogP contribution in [0.15, 0.2) is 67.0 Å². The summed E-state index contributed by atoms with van der Waals surface area (Å²) in [4.78, 5) is 20.7. The summed E-state index contributed by atoms with van der Waals surface area (Å²) in [5.74, 6) is 0.538. The van der Waals surface area contributed by atoms with Crippen LogP contribution in [-0.4, -0.2) is 30.7 Å². The molecule has 6 rings (SSSR count). The minimum Gasteiger partial charge on any atom is -0.348 e. The molecule has 8 nitrogen and oxygen atoms in total. The summed E-state index contributed by atoms with van der Waals surface area (Å²) in [5, 5.41) is 15.3. The lowest BCUT2D eigenvalue weighted by atomic mass is 10.0. The molecule has 0 atom stereocenters. The Hall–Kier alpha value is -4.17. The Morgan fingerprint density at radius 1 is 1.08 bits per heavy atom. The fraction of sp³-hybridized carbons (Fsp3) is 0.185. The lowest BCUT2D eigenvalue weighted by molar-refractivity contribution is 0.102. The highest BCUT2D eigenvalue weighted by atomic mass is 35.5. The van der Waals surface area contributed by atoms with Gasteiger partial charge in [-0.2, -0.15) is 10.2 Å². The first-order valence-electron chi connectivity index (χ1n) is 11.8. The summed E-state index contributed by atoms with van der Waals surface area (Å²) in [6.07, 6.45) is 3.57. The lowest BCUT2D eigenvalue weighted by Crippen LogP contribution is -2.17. The van der Waals surface area contributed by atoms with Gasteiger partial charge in [0.25, 0.3) is 5.91 Å². The summed E-state index contributed by atoms with van der Waals surface area (Å²) in [5.41, 5.74) is 6.65. The minimum atomic E-state index is -0.306. The Bertz CT molecular complexity index is 1560. The van der Waals surface area contributed by atoms with Crippen LogP contribution in [0.3, 0.4) is 0 Å². The van der Waals surface area contributed by atoms with Gasteiger partial charge in [-0.1, -0.05) is 55.8 Å². The third-order valence-electron chi connectivity index (χ3n) is 6.44. The van der Waals surface area contributed by atoms with Gasteiger partial charge < -0.3 is 10.2 Å². The molecular formula is C27H24ClN7O. The van der Waals surface area contributed by atoms with Gasteiger partial charge in [0.05, 0.1) is 11.9 Å². The Morgan fingerprint density at radius 2 is 1.86 bits per heavy atom. The molecule has 1 aliphatic heterocycles. The van der Waals surface area contributed by atoms with Gasteiger partial charge in [0.1, 0.15) is 5.82 Å². The fourth-order valence-electron chi connectivity index (χ4n) is 4.73. The van der Waals surface area contributed by atoms with Crippen LogP contribution in [0.1, 0.15) is 46.9 Å². The number of nitrogens with one attached hydrogen (secondary N) is 2. The van der Waals surface area contributed by atoms with Crippen LogP contribution in [0, 0.1) is 0 Å². The second-order valence-electron chi connectivity index (χ2n) is 9.23. The molecule has 0 saturated carbocycles. The molecule has 0 radical (unpaired) electrons. The predicted molar refractivity (Wildman–Crippen MR) is 140 cm³/mol. The van der Waals surface area contributed by atoms with Crippen LogP contribution < -0.4 is 10.2 Å². The SMILES string of the molecule is CC(C)c1c(C(=O)Nc2cccc(Cl)c2)nn2c(-c3cn[nH]c3)cc(N3Cc4ccccc4C3)nc12. The molecule has 2 N–H and O–H groups in total. The minimum absolute atomic E-state index is 0.0123. The van der Waals surface area contributed by atoms with E-state index >= 15 is 0 Å². The number of H-pyrrole nitrogens is 1. The summed E-state index contributed by atoms with van der Waals surface area (Å²) >= 11 is 6.12. The number of hydrogen-bond donors (Lipinski definition) is 2. The van der Waals surface area contributed by atoms with E-state index in [4.69, 9.17) is 21.7 Å². The van der Waals surface area contributed by atoms with Crippen LogP contribution >= 0.6 is 11.6 Å². The number of carbonyl (C=O) groups is 1. The van der Waals surface area contributed by atoms with Gasteiger partial charge in [-0.25, -0.2) is 9.50 Å². The van der Waals surface area contributed by atoms with Crippen LogP contribution in [-0.2, 0) is 13.1 Å². The number of halogens is 1. The molecule has 3 aromatic heterocycles. The number of rotatable bonds is 5. The first-order chi connectivity index (χ1) is 17.5. The van der Waals surface area contributed by atoms with E-state index < -0.39 is 0 Å². The third kappa shape index (κ3) is 3.89. The number of carbonyl (C=O) groups excluding carboxylic acids is 1. The van der Waals surface area contributed by atoms with E-state index in [1.807, 2.05) is 26.1 Å². The topological polar surface area (TPSA) is 91.2 Å². The number of fused-ring (bicyclic) bond motifs is 2. The normalized spacial score (nSPS) is 12.9. The molecule has 5 aromatic rings. The van der Waals surface area contributed by atoms with Crippen molar-refractivity contribution in [3.8, 4) is 11.3 Å². The summed E-state index contributed by atoms with van der Waals surface area (Å²) in [6, 6.07) is 17.5. The van der Waals surface area contributed by atoms with Crippen molar-refractivity contribution in [1.29, 1.82) is 0 Å².